The molecule has 0 aliphatic heterocycles. The van der Waals surface area contributed by atoms with Crippen LogP contribution >= 0.6 is 23.2 Å². The van der Waals surface area contributed by atoms with Crippen molar-refractivity contribution in [2.24, 2.45) is 0 Å². The highest BCUT2D eigenvalue weighted by Crippen LogP contribution is 2.34. The summed E-state index contributed by atoms with van der Waals surface area (Å²) >= 11 is 11.4. The number of anilines is 1. The number of benzene rings is 1. The van der Waals surface area contributed by atoms with E-state index in [1.807, 2.05) is 0 Å². The summed E-state index contributed by atoms with van der Waals surface area (Å²) in [6.07, 6.45) is 1.10. The second-order valence-corrected chi connectivity index (χ2v) is 4.59. The zero-order valence-electron chi connectivity index (χ0n) is 9.68. The first-order valence-corrected chi connectivity index (χ1v) is 5.96. The smallest absolute Gasteiger partial charge is 0.287 e. The van der Waals surface area contributed by atoms with Gasteiger partial charge in [-0.2, -0.15) is 0 Å². The SMILES string of the molecule is O=C(Nc1cc(Cl)c(O)c(Cl)c1)c1cc([N+](=O)[O-])c[nH]1. The number of carbonyl (C=O) groups excluding carboxylic acids is 1. The summed E-state index contributed by atoms with van der Waals surface area (Å²) < 4.78 is 0. The number of aromatic nitrogens is 1. The lowest BCUT2D eigenvalue weighted by atomic mass is 10.3. The molecule has 20 heavy (non-hydrogen) atoms. The number of hydrogen-bond acceptors (Lipinski definition) is 4. The first-order valence-electron chi connectivity index (χ1n) is 5.20. The van der Waals surface area contributed by atoms with E-state index < -0.39 is 10.8 Å². The Kier molecular flexibility index (Phi) is 3.82. The van der Waals surface area contributed by atoms with Gasteiger partial charge in [0.25, 0.3) is 11.6 Å². The van der Waals surface area contributed by atoms with Crippen LogP contribution in [0.25, 0.3) is 0 Å². The lowest BCUT2D eigenvalue weighted by Gasteiger charge is -2.06. The standard InChI is InChI=1S/C11H7Cl2N3O4/c12-7-1-5(2-8(13)10(7)17)15-11(18)9-3-6(4-14-9)16(19)20/h1-4,14,17H,(H,15,18). The summed E-state index contributed by atoms with van der Waals surface area (Å²) in [6.45, 7) is 0. The van der Waals surface area contributed by atoms with Crippen molar-refractivity contribution in [3.8, 4) is 5.75 Å². The van der Waals surface area contributed by atoms with Gasteiger partial charge in [-0.3, -0.25) is 14.9 Å². The van der Waals surface area contributed by atoms with E-state index in [9.17, 15) is 20.0 Å². The van der Waals surface area contributed by atoms with Gasteiger partial charge in [0, 0.05) is 11.8 Å². The van der Waals surface area contributed by atoms with Crippen molar-refractivity contribution < 1.29 is 14.8 Å². The van der Waals surface area contributed by atoms with Crippen LogP contribution in [-0.4, -0.2) is 20.9 Å². The second-order valence-electron chi connectivity index (χ2n) is 3.77. The number of nitrogens with one attached hydrogen (secondary N) is 2. The number of nitrogens with zero attached hydrogens (tertiary/aromatic N) is 1. The van der Waals surface area contributed by atoms with Crippen LogP contribution in [0, 0.1) is 10.1 Å². The molecule has 0 bridgehead atoms. The number of halogens is 2. The fraction of sp³-hybridized carbons (Fsp3) is 0. The third kappa shape index (κ3) is 2.84. The third-order valence-electron chi connectivity index (χ3n) is 2.40. The Morgan fingerprint density at radius 1 is 1.30 bits per heavy atom. The number of H-pyrrole nitrogens is 1. The molecule has 1 heterocycles. The molecule has 1 aromatic carbocycles. The van der Waals surface area contributed by atoms with Crippen LogP contribution in [0.15, 0.2) is 24.4 Å². The highest BCUT2D eigenvalue weighted by Gasteiger charge is 2.15. The van der Waals surface area contributed by atoms with Gasteiger partial charge < -0.3 is 15.4 Å². The molecule has 0 radical (unpaired) electrons. The van der Waals surface area contributed by atoms with Crippen LogP contribution in [0.4, 0.5) is 11.4 Å². The molecular formula is C11H7Cl2N3O4. The van der Waals surface area contributed by atoms with Crippen LogP contribution in [-0.2, 0) is 0 Å². The Hall–Kier alpha value is -2.25. The minimum Gasteiger partial charge on any atom is -0.505 e. The van der Waals surface area contributed by atoms with Gasteiger partial charge in [-0.25, -0.2) is 0 Å². The number of aromatic hydroxyl groups is 1. The van der Waals surface area contributed by atoms with Crippen molar-refractivity contribution in [3.05, 3.63) is 50.2 Å². The number of carbonyl (C=O) groups is 1. The average Bonchev–Trinajstić information content (AvgIpc) is 2.85. The molecule has 3 N–H and O–H groups in total. The number of aromatic amines is 1. The summed E-state index contributed by atoms with van der Waals surface area (Å²) in [5.74, 6) is -0.891. The summed E-state index contributed by atoms with van der Waals surface area (Å²) in [6, 6.07) is 3.70. The predicted molar refractivity (Wildman–Crippen MR) is 73.5 cm³/mol. The maximum absolute atomic E-state index is 11.8. The molecule has 7 nitrogen and oxygen atoms in total. The first kappa shape index (κ1) is 14.2. The van der Waals surface area contributed by atoms with Gasteiger partial charge >= 0.3 is 0 Å². The van der Waals surface area contributed by atoms with Gasteiger partial charge in [0.2, 0.25) is 0 Å². The fourth-order valence-corrected chi connectivity index (χ4v) is 1.94. The normalized spacial score (nSPS) is 10.3. The van der Waals surface area contributed by atoms with Crippen LogP contribution < -0.4 is 5.32 Å². The van der Waals surface area contributed by atoms with Crippen LogP contribution in [0.2, 0.25) is 10.0 Å². The van der Waals surface area contributed by atoms with E-state index >= 15 is 0 Å². The van der Waals surface area contributed by atoms with Crippen molar-refractivity contribution in [1.82, 2.24) is 4.98 Å². The van der Waals surface area contributed by atoms with Gasteiger partial charge in [0.05, 0.1) is 21.2 Å². The minimum absolute atomic E-state index is 0.0111. The molecule has 0 aliphatic carbocycles. The Labute approximate surface area is 122 Å². The highest BCUT2D eigenvalue weighted by atomic mass is 35.5. The molecular weight excluding hydrogens is 309 g/mol. The quantitative estimate of drug-likeness (QED) is 0.459. The fourth-order valence-electron chi connectivity index (χ4n) is 1.46. The Balaban J connectivity index is 2.21. The van der Waals surface area contributed by atoms with E-state index in [1.165, 1.54) is 12.1 Å². The molecule has 1 aromatic heterocycles. The number of nitro groups is 1. The van der Waals surface area contributed by atoms with Crippen LogP contribution in [0.3, 0.4) is 0 Å². The highest BCUT2D eigenvalue weighted by molar-refractivity contribution is 6.37. The Morgan fingerprint density at radius 2 is 1.90 bits per heavy atom. The summed E-state index contributed by atoms with van der Waals surface area (Å²) in [5.41, 5.74) is 0.0361. The summed E-state index contributed by atoms with van der Waals surface area (Å²) in [7, 11) is 0. The van der Waals surface area contributed by atoms with Gasteiger partial charge in [0.15, 0.2) is 5.75 Å². The second kappa shape index (κ2) is 5.40. The average molecular weight is 316 g/mol. The van der Waals surface area contributed by atoms with E-state index in [4.69, 9.17) is 23.2 Å². The molecule has 9 heteroatoms. The third-order valence-corrected chi connectivity index (χ3v) is 2.97. The molecule has 0 fully saturated rings. The van der Waals surface area contributed by atoms with Crippen molar-refractivity contribution in [2.75, 3.05) is 5.32 Å². The molecule has 0 spiro atoms. The first-order chi connectivity index (χ1) is 9.38. The molecule has 0 atom stereocenters. The Morgan fingerprint density at radius 3 is 2.40 bits per heavy atom. The molecule has 0 saturated carbocycles. The van der Waals surface area contributed by atoms with Gasteiger partial charge in [-0.05, 0) is 12.1 Å². The number of phenols is 1. The van der Waals surface area contributed by atoms with Crippen molar-refractivity contribution in [1.29, 1.82) is 0 Å². The van der Waals surface area contributed by atoms with E-state index in [1.54, 1.807) is 0 Å². The van der Waals surface area contributed by atoms with Crippen molar-refractivity contribution >= 4 is 40.5 Å². The van der Waals surface area contributed by atoms with E-state index in [0.717, 1.165) is 12.3 Å². The van der Waals surface area contributed by atoms with E-state index in [-0.39, 0.29) is 32.9 Å². The molecule has 1 amide bonds. The number of phenolic OH excluding ortho intramolecular Hbond substituents is 1. The topological polar surface area (TPSA) is 108 Å². The number of amides is 1. The zero-order chi connectivity index (χ0) is 14.9. The molecule has 104 valence electrons. The minimum atomic E-state index is -0.623. The van der Waals surface area contributed by atoms with E-state index in [2.05, 4.69) is 10.3 Å². The van der Waals surface area contributed by atoms with Crippen molar-refractivity contribution in [2.45, 2.75) is 0 Å². The number of rotatable bonds is 3. The molecule has 2 aromatic rings. The van der Waals surface area contributed by atoms with Gasteiger partial charge in [-0.1, -0.05) is 23.2 Å². The van der Waals surface area contributed by atoms with Crippen LogP contribution in [0.1, 0.15) is 10.5 Å². The van der Waals surface area contributed by atoms with Gasteiger partial charge in [0.1, 0.15) is 5.69 Å². The Bertz CT molecular complexity index is 676. The molecule has 0 unspecified atom stereocenters. The lowest BCUT2D eigenvalue weighted by molar-refractivity contribution is -0.384. The van der Waals surface area contributed by atoms with Crippen LogP contribution in [0.5, 0.6) is 5.75 Å². The molecule has 2 rings (SSSR count). The summed E-state index contributed by atoms with van der Waals surface area (Å²) in [5, 5.41) is 22.3. The van der Waals surface area contributed by atoms with E-state index in [0.29, 0.717) is 0 Å². The summed E-state index contributed by atoms with van der Waals surface area (Å²) in [4.78, 5) is 24.2. The maximum Gasteiger partial charge on any atom is 0.287 e. The zero-order valence-corrected chi connectivity index (χ0v) is 11.2. The predicted octanol–water partition coefficient (Wildman–Crippen LogP) is 3.19. The number of hydrogen-bond donors (Lipinski definition) is 3. The van der Waals surface area contributed by atoms with Crippen molar-refractivity contribution in [3.63, 3.8) is 0 Å². The molecule has 0 saturated heterocycles. The monoisotopic (exact) mass is 315 g/mol. The molecule has 0 aliphatic rings. The maximum atomic E-state index is 11.8. The van der Waals surface area contributed by atoms with Gasteiger partial charge in [-0.15, -0.1) is 0 Å². The largest absolute Gasteiger partial charge is 0.505 e. The lowest BCUT2D eigenvalue weighted by Crippen LogP contribution is -2.12.